The highest BCUT2D eigenvalue weighted by Crippen LogP contribution is 2.39. The Labute approximate surface area is 178 Å². The van der Waals surface area contributed by atoms with Gasteiger partial charge >= 0.3 is 5.97 Å². The van der Waals surface area contributed by atoms with Crippen LogP contribution >= 0.6 is 11.3 Å². The van der Waals surface area contributed by atoms with Gasteiger partial charge in [-0.2, -0.15) is 0 Å². The van der Waals surface area contributed by atoms with E-state index in [1.54, 1.807) is 29.5 Å². The third-order valence-corrected chi connectivity index (χ3v) is 6.87. The Balaban J connectivity index is 1.81. The molecule has 0 fully saturated rings. The summed E-state index contributed by atoms with van der Waals surface area (Å²) in [5.74, 6) is -1.12. The number of carboxylic acid groups (broad SMARTS) is 1. The van der Waals surface area contributed by atoms with Crippen molar-refractivity contribution in [3.8, 4) is 5.69 Å². The standard InChI is InChI=1S/C25H13NO4S/c27-23-17-9-8-16-15-6-1-2-7-19(15)31-20-11-10-18(21(17)22(16)20)24(28)26(23)14-5-3-4-13(12-14)25(29)30/h1-12H,(H,29,30). The van der Waals surface area contributed by atoms with E-state index in [4.69, 9.17) is 0 Å². The first kappa shape index (κ1) is 17.8. The predicted octanol–water partition coefficient (Wildman–Crippen LogP) is 5.01. The Hall–Kier alpha value is -4.03. The third-order valence-electron chi connectivity index (χ3n) is 5.74. The lowest BCUT2D eigenvalue weighted by atomic mass is 9.97. The van der Waals surface area contributed by atoms with Crippen molar-refractivity contribution in [2.45, 2.75) is 0 Å². The van der Waals surface area contributed by atoms with Gasteiger partial charge in [-0.15, -0.1) is 11.3 Å². The maximum absolute atomic E-state index is 13.4. The lowest BCUT2D eigenvalue weighted by Gasteiger charge is -2.14. The minimum Gasteiger partial charge on any atom is -0.478 e. The SMILES string of the molecule is O=C(O)c1cccc(-n2c(=O)c3ccc4sc5ccccc5c5ccc(c2=O)c3c45)c1. The number of aromatic nitrogens is 1. The van der Waals surface area contributed by atoms with Crippen molar-refractivity contribution in [3.63, 3.8) is 0 Å². The molecule has 0 aliphatic carbocycles. The van der Waals surface area contributed by atoms with Crippen molar-refractivity contribution in [1.82, 2.24) is 4.57 Å². The van der Waals surface area contributed by atoms with Crippen LogP contribution < -0.4 is 11.1 Å². The second-order valence-electron chi connectivity index (χ2n) is 7.42. The highest BCUT2D eigenvalue weighted by molar-refractivity contribution is 7.25. The topological polar surface area (TPSA) is 76.4 Å². The van der Waals surface area contributed by atoms with Crippen LogP contribution in [-0.4, -0.2) is 15.6 Å². The van der Waals surface area contributed by atoms with Crippen LogP contribution in [0.4, 0.5) is 0 Å². The van der Waals surface area contributed by atoms with E-state index in [-0.39, 0.29) is 11.3 Å². The number of benzene rings is 4. The second kappa shape index (κ2) is 6.23. The van der Waals surface area contributed by atoms with Gasteiger partial charge < -0.3 is 5.11 Å². The number of nitrogens with zero attached hydrogens (tertiary/aromatic N) is 1. The smallest absolute Gasteiger partial charge is 0.335 e. The maximum Gasteiger partial charge on any atom is 0.335 e. The van der Waals surface area contributed by atoms with Crippen LogP contribution in [0.15, 0.2) is 82.4 Å². The van der Waals surface area contributed by atoms with Crippen LogP contribution in [0.3, 0.4) is 0 Å². The molecule has 0 atom stereocenters. The first-order valence-corrected chi connectivity index (χ1v) is 10.5. The third kappa shape index (κ3) is 2.39. The van der Waals surface area contributed by atoms with Gasteiger partial charge in [0.05, 0.1) is 11.3 Å². The maximum atomic E-state index is 13.4. The quantitative estimate of drug-likeness (QED) is 0.314. The summed E-state index contributed by atoms with van der Waals surface area (Å²) in [7, 11) is 0. The summed E-state index contributed by atoms with van der Waals surface area (Å²) in [4.78, 5) is 38.2. The zero-order chi connectivity index (χ0) is 21.3. The van der Waals surface area contributed by atoms with Gasteiger partial charge in [-0.3, -0.25) is 9.59 Å². The van der Waals surface area contributed by atoms with E-state index in [9.17, 15) is 19.5 Å². The summed E-state index contributed by atoms with van der Waals surface area (Å²) in [5, 5.41) is 13.9. The molecule has 0 radical (unpaired) electrons. The Kier molecular flexibility index (Phi) is 3.58. The van der Waals surface area contributed by atoms with Crippen LogP contribution in [0, 0.1) is 0 Å². The first-order chi connectivity index (χ1) is 15.0. The molecule has 2 heterocycles. The highest BCUT2D eigenvalue weighted by atomic mass is 32.1. The summed E-state index contributed by atoms with van der Waals surface area (Å²) >= 11 is 1.63. The largest absolute Gasteiger partial charge is 0.478 e. The molecule has 0 aliphatic rings. The van der Waals surface area contributed by atoms with E-state index in [1.165, 1.54) is 18.2 Å². The fourth-order valence-corrected chi connectivity index (χ4v) is 5.49. The van der Waals surface area contributed by atoms with Gasteiger partial charge in [-0.1, -0.05) is 30.3 Å². The number of aromatic carboxylic acids is 1. The monoisotopic (exact) mass is 423 g/mol. The Morgan fingerprint density at radius 1 is 0.710 bits per heavy atom. The Morgan fingerprint density at radius 2 is 1.42 bits per heavy atom. The number of hydrogen-bond acceptors (Lipinski definition) is 4. The molecule has 0 unspecified atom stereocenters. The van der Waals surface area contributed by atoms with E-state index < -0.39 is 17.1 Å². The fourth-order valence-electron chi connectivity index (χ4n) is 4.37. The second-order valence-corrected chi connectivity index (χ2v) is 8.51. The van der Waals surface area contributed by atoms with E-state index in [0.717, 1.165) is 30.1 Å². The van der Waals surface area contributed by atoms with Crippen LogP contribution in [0.1, 0.15) is 10.4 Å². The number of carbonyl (C=O) groups is 1. The van der Waals surface area contributed by atoms with Crippen molar-refractivity contribution < 1.29 is 9.90 Å². The van der Waals surface area contributed by atoms with E-state index >= 15 is 0 Å². The number of fused-ring (bicyclic) bond motifs is 2. The molecule has 4 aromatic carbocycles. The van der Waals surface area contributed by atoms with Gasteiger partial charge in [-0.05, 0) is 53.2 Å². The van der Waals surface area contributed by atoms with Gasteiger partial charge in [0.1, 0.15) is 0 Å². The lowest BCUT2D eigenvalue weighted by molar-refractivity contribution is 0.0697. The van der Waals surface area contributed by atoms with Gasteiger partial charge in [-0.25, -0.2) is 9.36 Å². The molecule has 0 amide bonds. The number of hydrogen-bond donors (Lipinski definition) is 1. The van der Waals surface area contributed by atoms with Gasteiger partial charge in [0.2, 0.25) is 0 Å². The van der Waals surface area contributed by atoms with Crippen molar-refractivity contribution in [2.75, 3.05) is 0 Å². The lowest BCUT2D eigenvalue weighted by Crippen LogP contribution is -2.32. The normalized spacial score (nSPS) is 11.7. The molecule has 6 heteroatoms. The molecule has 5 nitrogen and oxygen atoms in total. The summed E-state index contributed by atoms with van der Waals surface area (Å²) < 4.78 is 3.21. The molecular formula is C25H13NO4S. The van der Waals surface area contributed by atoms with Crippen LogP contribution in [-0.2, 0) is 0 Å². The van der Waals surface area contributed by atoms with E-state index in [2.05, 4.69) is 6.07 Å². The van der Waals surface area contributed by atoms with Crippen LogP contribution in [0.5, 0.6) is 0 Å². The van der Waals surface area contributed by atoms with E-state index in [0.29, 0.717) is 16.2 Å². The minimum absolute atomic E-state index is 0.0159. The number of pyridine rings is 1. The summed E-state index contributed by atoms with van der Waals surface area (Å²) in [6, 6.07) is 21.3. The van der Waals surface area contributed by atoms with Gasteiger partial charge in [0.15, 0.2) is 0 Å². The minimum atomic E-state index is -1.12. The Bertz CT molecular complexity index is 1780. The van der Waals surface area contributed by atoms with Crippen LogP contribution in [0.25, 0.3) is 47.4 Å². The molecule has 6 rings (SSSR count). The molecule has 0 aliphatic heterocycles. The number of carboxylic acids is 1. The van der Waals surface area contributed by atoms with Crippen molar-refractivity contribution in [2.24, 2.45) is 0 Å². The zero-order valence-corrected chi connectivity index (χ0v) is 16.8. The molecule has 0 saturated carbocycles. The molecule has 31 heavy (non-hydrogen) atoms. The molecule has 0 saturated heterocycles. The zero-order valence-electron chi connectivity index (χ0n) is 16.0. The van der Waals surface area contributed by atoms with Gasteiger partial charge in [0.25, 0.3) is 11.1 Å². The van der Waals surface area contributed by atoms with Gasteiger partial charge in [0, 0.05) is 30.9 Å². The van der Waals surface area contributed by atoms with Crippen molar-refractivity contribution >= 4 is 59.0 Å². The average molecular weight is 423 g/mol. The molecule has 0 bridgehead atoms. The summed E-state index contributed by atoms with van der Waals surface area (Å²) in [6.07, 6.45) is 0. The first-order valence-electron chi connectivity index (χ1n) is 9.64. The molecule has 1 N–H and O–H groups in total. The summed E-state index contributed by atoms with van der Waals surface area (Å²) in [5.41, 5.74) is -0.643. The predicted molar refractivity (Wildman–Crippen MR) is 124 cm³/mol. The Morgan fingerprint density at radius 3 is 2.19 bits per heavy atom. The molecule has 6 aromatic rings. The highest BCUT2D eigenvalue weighted by Gasteiger charge is 2.19. The number of rotatable bonds is 2. The molecule has 0 spiro atoms. The summed E-state index contributed by atoms with van der Waals surface area (Å²) in [6.45, 7) is 0. The average Bonchev–Trinajstić information content (AvgIpc) is 2.79. The van der Waals surface area contributed by atoms with E-state index in [1.807, 2.05) is 30.3 Å². The molecule has 148 valence electrons. The molecular weight excluding hydrogens is 410 g/mol. The van der Waals surface area contributed by atoms with Crippen molar-refractivity contribution in [1.29, 1.82) is 0 Å². The molecule has 2 aromatic heterocycles. The van der Waals surface area contributed by atoms with Crippen molar-refractivity contribution in [3.05, 3.63) is 99.1 Å². The fraction of sp³-hybridized carbons (Fsp3) is 0. The van der Waals surface area contributed by atoms with Crippen LogP contribution in [0.2, 0.25) is 0 Å².